The molecule has 1 atom stereocenters. The summed E-state index contributed by atoms with van der Waals surface area (Å²) >= 11 is 1.50. The summed E-state index contributed by atoms with van der Waals surface area (Å²) in [6, 6.07) is 7.71. The minimum Gasteiger partial charge on any atom is -0.510 e. The second kappa shape index (κ2) is 10.7. The number of nitrogens with two attached hydrogens (primary N) is 3. The van der Waals surface area contributed by atoms with Crippen LogP contribution >= 0.6 is 11.8 Å². The van der Waals surface area contributed by atoms with Crippen molar-refractivity contribution in [2.24, 2.45) is 16.5 Å². The predicted octanol–water partition coefficient (Wildman–Crippen LogP) is 1.56. The van der Waals surface area contributed by atoms with Crippen LogP contribution in [0.2, 0.25) is 0 Å². The van der Waals surface area contributed by atoms with E-state index < -0.39 is 0 Å². The third kappa shape index (κ3) is 7.51. The average molecular weight is 365 g/mol. The molecule has 0 radical (unpaired) electrons. The summed E-state index contributed by atoms with van der Waals surface area (Å²) in [4.78, 5) is 3.86. The quantitative estimate of drug-likeness (QED) is 0.0977. The molecule has 1 aromatic carbocycles. The first-order valence-corrected chi connectivity index (χ1v) is 8.83. The predicted molar refractivity (Wildman–Crippen MR) is 109 cm³/mol. The van der Waals surface area contributed by atoms with Gasteiger partial charge in [0.15, 0.2) is 0 Å². The van der Waals surface area contributed by atoms with Gasteiger partial charge in [0.05, 0.1) is 0 Å². The van der Waals surface area contributed by atoms with E-state index in [9.17, 15) is 5.11 Å². The van der Waals surface area contributed by atoms with Gasteiger partial charge in [-0.1, -0.05) is 23.9 Å². The number of aliphatic hydroxyl groups excluding tert-OH is 1. The Hall–Kier alpha value is -2.16. The Kier molecular flexibility index (Phi) is 8.90. The maximum Gasteiger partial charge on any atom is 0.145 e. The van der Waals surface area contributed by atoms with Crippen molar-refractivity contribution >= 4 is 28.9 Å². The fourth-order valence-electron chi connectivity index (χ4n) is 1.96. The fourth-order valence-corrected chi connectivity index (χ4v) is 2.66. The Labute approximate surface area is 153 Å². The number of hydrogen-bond acceptors (Lipinski definition) is 7. The maximum absolute atomic E-state index is 9.58. The second-order valence-corrected chi connectivity index (χ2v) is 6.45. The number of amidine groups is 1. The molecule has 0 aliphatic rings. The van der Waals surface area contributed by atoms with Crippen LogP contribution in [0.25, 0.3) is 5.57 Å². The number of aliphatic hydroxyl groups is 1. The van der Waals surface area contributed by atoms with Crippen molar-refractivity contribution in [3.63, 3.8) is 0 Å². The molecule has 138 valence electrons. The molecule has 25 heavy (non-hydrogen) atoms. The number of nitrogen functional groups attached to an aromatic ring is 1. The van der Waals surface area contributed by atoms with Crippen LogP contribution in [0.15, 0.2) is 46.1 Å². The van der Waals surface area contributed by atoms with Crippen molar-refractivity contribution in [2.75, 3.05) is 25.9 Å². The lowest BCUT2D eigenvalue weighted by Gasteiger charge is -2.14. The maximum atomic E-state index is 9.58. The minimum atomic E-state index is -0.245. The molecule has 0 bridgehead atoms. The average Bonchev–Trinajstić information content (AvgIpc) is 2.59. The van der Waals surface area contributed by atoms with E-state index in [0.29, 0.717) is 18.8 Å². The molecule has 1 unspecified atom stereocenters. The number of allylic oxidation sites excluding steroid dienone is 2. The van der Waals surface area contributed by atoms with Crippen LogP contribution in [0.4, 0.5) is 5.69 Å². The van der Waals surface area contributed by atoms with Crippen LogP contribution in [-0.2, 0) is 0 Å². The van der Waals surface area contributed by atoms with Crippen molar-refractivity contribution in [3.05, 3.63) is 46.7 Å². The Morgan fingerprint density at radius 2 is 1.92 bits per heavy atom. The van der Waals surface area contributed by atoms with Gasteiger partial charge >= 0.3 is 0 Å². The number of nitrogens with one attached hydrogen (secondary N) is 2. The normalized spacial score (nSPS) is 14.9. The van der Waals surface area contributed by atoms with E-state index >= 15 is 0 Å². The van der Waals surface area contributed by atoms with Gasteiger partial charge in [-0.3, -0.25) is 10.3 Å². The standard InChI is InChI=1S/C17H28N6OS/c1-11(13-4-6-14(18)7-5-13)10-25-17(20)23-9-8-22-15(12(2)24)16(19)21-3/h4-7,10,17,22-24H,8-9,18,20H2,1-3H3,(H2,19,21)/b11-10+,15-12?. The number of anilines is 1. The third-order valence-electron chi connectivity index (χ3n) is 3.39. The van der Waals surface area contributed by atoms with Gasteiger partial charge < -0.3 is 27.6 Å². The van der Waals surface area contributed by atoms with Crippen LogP contribution < -0.4 is 27.8 Å². The number of aliphatic imine (C=N–C) groups is 1. The van der Waals surface area contributed by atoms with Crippen molar-refractivity contribution in [1.82, 2.24) is 10.6 Å². The van der Waals surface area contributed by atoms with Gasteiger partial charge in [0.1, 0.15) is 22.8 Å². The van der Waals surface area contributed by atoms with Gasteiger partial charge in [-0.15, -0.1) is 0 Å². The zero-order chi connectivity index (χ0) is 18.8. The Balaban J connectivity index is 2.40. The smallest absolute Gasteiger partial charge is 0.145 e. The van der Waals surface area contributed by atoms with Gasteiger partial charge in [0, 0.05) is 25.8 Å². The molecule has 1 aromatic rings. The summed E-state index contributed by atoms with van der Waals surface area (Å²) in [6.07, 6.45) is 0. The van der Waals surface area contributed by atoms with Crippen molar-refractivity contribution in [2.45, 2.75) is 19.3 Å². The first kappa shape index (κ1) is 20.9. The van der Waals surface area contributed by atoms with Gasteiger partial charge in [-0.2, -0.15) is 0 Å². The summed E-state index contributed by atoms with van der Waals surface area (Å²) in [5.41, 5.74) is 20.6. The Bertz CT molecular complexity index is 635. The molecular weight excluding hydrogens is 336 g/mol. The fraction of sp³-hybridized carbons (Fsp3) is 0.353. The van der Waals surface area contributed by atoms with Crippen LogP contribution in [0.1, 0.15) is 19.4 Å². The molecule has 0 amide bonds. The van der Waals surface area contributed by atoms with E-state index in [-0.39, 0.29) is 17.1 Å². The monoisotopic (exact) mass is 364 g/mol. The first-order valence-electron chi connectivity index (χ1n) is 7.88. The lowest BCUT2D eigenvalue weighted by molar-refractivity contribution is 0.404. The van der Waals surface area contributed by atoms with E-state index in [1.54, 1.807) is 14.0 Å². The molecule has 0 heterocycles. The van der Waals surface area contributed by atoms with Crippen LogP contribution in [0.3, 0.4) is 0 Å². The molecule has 8 heteroatoms. The molecule has 0 saturated carbocycles. The Morgan fingerprint density at radius 3 is 2.48 bits per heavy atom. The molecule has 0 aliphatic heterocycles. The number of rotatable bonds is 9. The van der Waals surface area contributed by atoms with Gasteiger partial charge in [0.2, 0.25) is 0 Å². The summed E-state index contributed by atoms with van der Waals surface area (Å²) in [5.74, 6) is 0.365. The minimum absolute atomic E-state index is 0.101. The molecule has 0 aliphatic carbocycles. The van der Waals surface area contributed by atoms with Gasteiger partial charge in [-0.25, -0.2) is 0 Å². The summed E-state index contributed by atoms with van der Waals surface area (Å²) < 4.78 is 0. The number of nitrogens with zero attached hydrogens (tertiary/aromatic N) is 1. The second-order valence-electron chi connectivity index (χ2n) is 5.43. The first-order chi connectivity index (χ1) is 11.8. The van der Waals surface area contributed by atoms with Crippen LogP contribution in [-0.4, -0.2) is 36.6 Å². The third-order valence-corrected chi connectivity index (χ3v) is 4.34. The van der Waals surface area contributed by atoms with Crippen molar-refractivity contribution in [1.29, 1.82) is 0 Å². The van der Waals surface area contributed by atoms with Crippen molar-refractivity contribution in [3.8, 4) is 0 Å². The molecule has 1 rings (SSSR count). The molecule has 7 nitrogen and oxygen atoms in total. The molecule has 0 aromatic heterocycles. The summed E-state index contributed by atoms with van der Waals surface area (Å²) in [5, 5.41) is 17.8. The van der Waals surface area contributed by atoms with E-state index in [0.717, 1.165) is 16.8 Å². The van der Waals surface area contributed by atoms with E-state index in [1.165, 1.54) is 11.8 Å². The lowest BCUT2D eigenvalue weighted by atomic mass is 10.1. The molecular formula is C17H28N6OS. The molecule has 9 N–H and O–H groups in total. The SMILES string of the molecule is CN=C(N)C(NCCNC(N)S/C=C(\C)c1ccc(N)cc1)=C(C)O. The highest BCUT2D eigenvalue weighted by Gasteiger charge is 2.06. The highest BCUT2D eigenvalue weighted by atomic mass is 32.2. The van der Waals surface area contributed by atoms with Crippen LogP contribution in [0, 0.1) is 0 Å². The van der Waals surface area contributed by atoms with E-state index in [1.807, 2.05) is 36.6 Å². The molecule has 0 spiro atoms. The molecule has 0 fully saturated rings. The Morgan fingerprint density at radius 1 is 1.28 bits per heavy atom. The summed E-state index contributed by atoms with van der Waals surface area (Å²) in [6.45, 7) is 4.75. The van der Waals surface area contributed by atoms with Crippen molar-refractivity contribution < 1.29 is 5.11 Å². The highest BCUT2D eigenvalue weighted by molar-refractivity contribution is 8.02. The zero-order valence-corrected chi connectivity index (χ0v) is 15.7. The lowest BCUT2D eigenvalue weighted by Crippen LogP contribution is -2.39. The number of thioether (sulfide) groups is 1. The van der Waals surface area contributed by atoms with E-state index in [2.05, 4.69) is 15.6 Å². The number of benzene rings is 1. The zero-order valence-electron chi connectivity index (χ0n) is 14.9. The van der Waals surface area contributed by atoms with E-state index in [4.69, 9.17) is 17.2 Å². The van der Waals surface area contributed by atoms with Gasteiger partial charge in [0.25, 0.3) is 0 Å². The largest absolute Gasteiger partial charge is 0.510 e. The summed E-state index contributed by atoms with van der Waals surface area (Å²) in [7, 11) is 1.57. The number of hydrogen-bond donors (Lipinski definition) is 6. The highest BCUT2D eigenvalue weighted by Crippen LogP contribution is 2.19. The van der Waals surface area contributed by atoms with Crippen LogP contribution in [0.5, 0.6) is 0 Å². The van der Waals surface area contributed by atoms with Gasteiger partial charge in [-0.05, 0) is 42.5 Å². The molecule has 0 saturated heterocycles. The topological polar surface area (TPSA) is 135 Å².